The third-order valence-electron chi connectivity index (χ3n) is 0.698. The number of methoxy groups -OCH3 is 1. The smallest absolute Gasteiger partial charge is 0.368 e. The number of rotatable bonds is 2. The Bertz CT molecular complexity index is 190. The lowest BCUT2D eigenvalue weighted by Crippen LogP contribution is -2.13. The van der Waals surface area contributed by atoms with Crippen molar-refractivity contribution >= 4 is 11.7 Å². The summed E-state index contributed by atoms with van der Waals surface area (Å²) in [5.41, 5.74) is -0.176. The van der Waals surface area contributed by atoms with E-state index in [1.165, 1.54) is 14.2 Å². The molecule has 4 heteroatoms. The summed E-state index contributed by atoms with van der Waals surface area (Å²) in [6, 6.07) is 0. The van der Waals surface area contributed by atoms with Gasteiger partial charge in [0, 0.05) is 0 Å². The van der Waals surface area contributed by atoms with Gasteiger partial charge in [0.1, 0.15) is 7.11 Å². The lowest BCUT2D eigenvalue weighted by molar-refractivity contribution is -0.132. The molecule has 0 heterocycles. The minimum Gasteiger partial charge on any atom is -0.464 e. The second kappa shape index (κ2) is 4.39. The van der Waals surface area contributed by atoms with Crippen molar-refractivity contribution in [3.05, 3.63) is 0 Å². The van der Waals surface area contributed by atoms with Gasteiger partial charge in [0.2, 0.25) is 5.71 Å². The highest BCUT2D eigenvalue weighted by Gasteiger charge is 2.07. The Labute approximate surface area is 58.8 Å². The van der Waals surface area contributed by atoms with Crippen LogP contribution in [0, 0.1) is 12.3 Å². The summed E-state index contributed by atoms with van der Waals surface area (Å²) in [4.78, 5) is 14.8. The fraction of sp³-hybridized carbons (Fsp3) is 0.333. The monoisotopic (exact) mass is 141 g/mol. The Morgan fingerprint density at radius 3 is 2.50 bits per heavy atom. The van der Waals surface area contributed by atoms with E-state index in [2.05, 4.69) is 14.7 Å². The average molecular weight is 141 g/mol. The fourth-order valence-electron chi connectivity index (χ4n) is 0.311. The molecule has 10 heavy (non-hydrogen) atoms. The average Bonchev–Trinajstić information content (AvgIpc) is 1.99. The van der Waals surface area contributed by atoms with Gasteiger partial charge in [-0.2, -0.15) is 0 Å². The Hall–Kier alpha value is -1.50. The van der Waals surface area contributed by atoms with Crippen LogP contribution >= 0.6 is 0 Å². The van der Waals surface area contributed by atoms with Crippen LogP contribution in [0.2, 0.25) is 0 Å². The summed E-state index contributed by atoms with van der Waals surface area (Å²) >= 11 is 0. The fourth-order valence-corrected chi connectivity index (χ4v) is 0.311. The summed E-state index contributed by atoms with van der Waals surface area (Å²) in [6.45, 7) is 0. The first-order chi connectivity index (χ1) is 4.76. The molecule has 0 aliphatic carbocycles. The predicted molar refractivity (Wildman–Crippen MR) is 35.3 cm³/mol. The van der Waals surface area contributed by atoms with Gasteiger partial charge < -0.3 is 9.57 Å². The van der Waals surface area contributed by atoms with Gasteiger partial charge in [0.05, 0.1) is 7.11 Å². The lowest BCUT2D eigenvalue weighted by Gasteiger charge is -1.93. The third-order valence-corrected chi connectivity index (χ3v) is 0.698. The number of nitrogens with zero attached hydrogens (tertiary/aromatic N) is 1. The van der Waals surface area contributed by atoms with Crippen molar-refractivity contribution in [2.75, 3.05) is 14.2 Å². The lowest BCUT2D eigenvalue weighted by atomic mass is 10.4. The van der Waals surface area contributed by atoms with Gasteiger partial charge in [-0.1, -0.05) is 5.16 Å². The van der Waals surface area contributed by atoms with Gasteiger partial charge in [-0.25, -0.2) is 4.79 Å². The molecule has 0 amide bonds. The van der Waals surface area contributed by atoms with Crippen molar-refractivity contribution in [3.8, 4) is 12.3 Å². The zero-order valence-corrected chi connectivity index (χ0v) is 5.75. The Morgan fingerprint density at radius 1 is 1.60 bits per heavy atom. The largest absolute Gasteiger partial charge is 0.464 e. The molecule has 0 aliphatic rings. The number of hydrogen-bond donors (Lipinski definition) is 0. The molecule has 0 saturated heterocycles. The number of hydrogen-bond acceptors (Lipinski definition) is 4. The van der Waals surface area contributed by atoms with Gasteiger partial charge in [-0.3, -0.25) is 0 Å². The Morgan fingerprint density at radius 2 is 2.20 bits per heavy atom. The molecule has 0 aromatic heterocycles. The third kappa shape index (κ3) is 2.18. The van der Waals surface area contributed by atoms with Crippen LogP contribution in [0.1, 0.15) is 0 Å². The minimum absolute atomic E-state index is 0.176. The Kier molecular flexibility index (Phi) is 3.73. The first kappa shape index (κ1) is 8.50. The minimum atomic E-state index is -0.677. The molecule has 0 aromatic rings. The molecular weight excluding hydrogens is 134 g/mol. The molecular formula is C6H7NO3. The first-order valence-electron chi connectivity index (χ1n) is 2.42. The highest BCUT2D eigenvalue weighted by molar-refractivity contribution is 6.43. The normalized spacial score (nSPS) is 9.90. The van der Waals surface area contributed by atoms with Crippen LogP contribution in [-0.2, 0) is 14.4 Å². The van der Waals surface area contributed by atoms with Crippen LogP contribution in [0.4, 0.5) is 0 Å². The molecule has 54 valence electrons. The van der Waals surface area contributed by atoms with E-state index in [1.54, 1.807) is 0 Å². The van der Waals surface area contributed by atoms with Gasteiger partial charge in [-0.05, 0) is 5.92 Å². The van der Waals surface area contributed by atoms with E-state index in [1.807, 2.05) is 5.92 Å². The molecule has 0 rings (SSSR count). The molecule has 4 nitrogen and oxygen atoms in total. The van der Waals surface area contributed by atoms with Crippen molar-refractivity contribution in [2.45, 2.75) is 0 Å². The van der Waals surface area contributed by atoms with Gasteiger partial charge in [0.15, 0.2) is 0 Å². The van der Waals surface area contributed by atoms with E-state index in [-0.39, 0.29) is 5.71 Å². The number of esters is 1. The first-order valence-corrected chi connectivity index (χ1v) is 2.42. The number of terminal acetylenes is 1. The molecule has 0 N–H and O–H groups in total. The summed E-state index contributed by atoms with van der Waals surface area (Å²) < 4.78 is 4.26. The van der Waals surface area contributed by atoms with Crippen molar-refractivity contribution in [3.63, 3.8) is 0 Å². The van der Waals surface area contributed by atoms with Crippen LogP contribution in [0.15, 0.2) is 5.16 Å². The quantitative estimate of drug-likeness (QED) is 0.231. The molecule has 0 aliphatic heterocycles. The van der Waals surface area contributed by atoms with Crippen molar-refractivity contribution in [1.82, 2.24) is 0 Å². The van der Waals surface area contributed by atoms with Crippen LogP contribution in [0.3, 0.4) is 0 Å². The molecule has 0 radical (unpaired) electrons. The number of carbonyl (C=O) groups is 1. The SMILES string of the molecule is C#C/C(=N\OC)C(=O)OC. The van der Waals surface area contributed by atoms with Crippen LogP contribution < -0.4 is 0 Å². The van der Waals surface area contributed by atoms with Gasteiger partial charge in [-0.15, -0.1) is 6.42 Å². The molecule has 0 atom stereocenters. The molecule has 0 spiro atoms. The molecule has 0 bridgehead atoms. The number of oxime groups is 1. The van der Waals surface area contributed by atoms with E-state index in [4.69, 9.17) is 6.42 Å². The maximum atomic E-state index is 10.6. The molecule has 0 unspecified atom stereocenters. The summed E-state index contributed by atoms with van der Waals surface area (Å²) in [5, 5.41) is 3.22. The van der Waals surface area contributed by atoms with Gasteiger partial charge >= 0.3 is 5.97 Å². The highest BCUT2D eigenvalue weighted by atomic mass is 16.6. The van der Waals surface area contributed by atoms with Gasteiger partial charge in [0.25, 0.3) is 0 Å². The molecule has 0 saturated carbocycles. The summed E-state index contributed by atoms with van der Waals surface area (Å²) in [6.07, 6.45) is 4.87. The second-order valence-electron chi connectivity index (χ2n) is 1.26. The van der Waals surface area contributed by atoms with Crippen molar-refractivity contribution < 1.29 is 14.4 Å². The highest BCUT2D eigenvalue weighted by Crippen LogP contribution is 1.81. The molecule has 0 aromatic carbocycles. The predicted octanol–water partition coefficient (Wildman–Crippen LogP) is -0.205. The van der Waals surface area contributed by atoms with E-state index in [0.29, 0.717) is 0 Å². The summed E-state index contributed by atoms with van der Waals surface area (Å²) in [7, 11) is 2.51. The second-order valence-corrected chi connectivity index (χ2v) is 1.26. The van der Waals surface area contributed by atoms with Crippen molar-refractivity contribution in [2.24, 2.45) is 5.16 Å². The van der Waals surface area contributed by atoms with Crippen LogP contribution in [0.5, 0.6) is 0 Å². The zero-order chi connectivity index (χ0) is 7.98. The van der Waals surface area contributed by atoms with E-state index in [0.717, 1.165) is 0 Å². The topological polar surface area (TPSA) is 47.9 Å². The van der Waals surface area contributed by atoms with Crippen LogP contribution in [-0.4, -0.2) is 25.9 Å². The number of ether oxygens (including phenoxy) is 1. The molecule has 0 fully saturated rings. The number of carbonyl (C=O) groups excluding carboxylic acids is 1. The Balaban J connectivity index is 4.25. The maximum absolute atomic E-state index is 10.6. The zero-order valence-electron chi connectivity index (χ0n) is 5.75. The van der Waals surface area contributed by atoms with E-state index in [9.17, 15) is 4.79 Å². The van der Waals surface area contributed by atoms with Crippen LogP contribution in [0.25, 0.3) is 0 Å². The summed E-state index contributed by atoms with van der Waals surface area (Å²) in [5.74, 6) is 1.33. The maximum Gasteiger partial charge on any atom is 0.368 e. The standard InChI is InChI=1S/C6H7NO3/c1-4-5(7-10-3)6(8)9-2/h1H,2-3H3/b7-5+. The van der Waals surface area contributed by atoms with E-state index >= 15 is 0 Å². The van der Waals surface area contributed by atoms with Crippen molar-refractivity contribution in [1.29, 1.82) is 0 Å². The van der Waals surface area contributed by atoms with E-state index < -0.39 is 5.97 Å².